The van der Waals surface area contributed by atoms with Crippen LogP contribution in [0.25, 0.3) is 17.1 Å². The van der Waals surface area contributed by atoms with Crippen LogP contribution in [0.2, 0.25) is 0 Å². The first-order valence-corrected chi connectivity index (χ1v) is 7.78. The molecule has 0 aliphatic rings. The maximum Gasteiger partial charge on any atom is 0.144 e. The quantitative estimate of drug-likeness (QED) is 0.734. The highest BCUT2D eigenvalue weighted by Crippen LogP contribution is 2.24. The summed E-state index contributed by atoms with van der Waals surface area (Å²) in [5, 5.41) is 0. The van der Waals surface area contributed by atoms with Crippen LogP contribution >= 0.6 is 0 Å². The molecule has 1 atom stereocenters. The van der Waals surface area contributed by atoms with Gasteiger partial charge in [-0.1, -0.05) is 24.3 Å². The Bertz CT molecular complexity index is 787. The van der Waals surface area contributed by atoms with Gasteiger partial charge in [-0.25, -0.2) is 4.98 Å². The second-order valence-corrected chi connectivity index (χ2v) is 6.10. The summed E-state index contributed by atoms with van der Waals surface area (Å²) in [6.45, 7) is 4.25. The molecule has 0 radical (unpaired) electrons. The molecule has 4 nitrogen and oxygen atoms in total. The number of aromatic nitrogens is 3. The predicted octanol–water partition coefficient (Wildman–Crippen LogP) is 3.87. The second kappa shape index (κ2) is 6.34. The zero-order chi connectivity index (χ0) is 16.4. The van der Waals surface area contributed by atoms with Crippen molar-refractivity contribution in [2.24, 2.45) is 0 Å². The topological polar surface area (TPSA) is 34.0 Å². The molecule has 0 spiro atoms. The molecule has 0 N–H and O–H groups in total. The van der Waals surface area contributed by atoms with Crippen LogP contribution in [-0.2, 0) is 0 Å². The second-order valence-electron chi connectivity index (χ2n) is 6.10. The van der Waals surface area contributed by atoms with Crippen molar-refractivity contribution in [2.45, 2.75) is 19.9 Å². The van der Waals surface area contributed by atoms with Gasteiger partial charge in [0.1, 0.15) is 5.82 Å². The number of rotatable bonds is 4. The zero-order valence-corrected chi connectivity index (χ0v) is 14.1. The van der Waals surface area contributed by atoms with Crippen LogP contribution in [0.1, 0.15) is 24.1 Å². The Hall–Kier alpha value is -2.46. The van der Waals surface area contributed by atoms with Crippen LogP contribution < -0.4 is 0 Å². The highest BCUT2D eigenvalue weighted by atomic mass is 15.1. The van der Waals surface area contributed by atoms with Crippen LogP contribution in [0.5, 0.6) is 0 Å². The van der Waals surface area contributed by atoms with E-state index in [1.54, 1.807) is 0 Å². The number of hydrogen-bond acceptors (Lipinski definition) is 3. The summed E-state index contributed by atoms with van der Waals surface area (Å²) in [6, 6.07) is 11.1. The highest BCUT2D eigenvalue weighted by Gasteiger charge is 2.11. The number of imidazole rings is 1. The number of benzene rings is 1. The summed E-state index contributed by atoms with van der Waals surface area (Å²) in [6.07, 6.45) is 7.52. The van der Waals surface area contributed by atoms with Crippen LogP contribution in [0.4, 0.5) is 0 Å². The van der Waals surface area contributed by atoms with Crippen molar-refractivity contribution < 1.29 is 0 Å². The molecular weight excluding hydrogens is 284 g/mol. The highest BCUT2D eigenvalue weighted by molar-refractivity contribution is 5.59. The zero-order valence-electron chi connectivity index (χ0n) is 14.1. The molecule has 2 aromatic heterocycles. The van der Waals surface area contributed by atoms with E-state index in [1.165, 1.54) is 5.56 Å². The molecular formula is C19H22N4. The maximum absolute atomic E-state index is 4.53. The summed E-state index contributed by atoms with van der Waals surface area (Å²) >= 11 is 0. The van der Waals surface area contributed by atoms with Gasteiger partial charge in [0.2, 0.25) is 0 Å². The van der Waals surface area contributed by atoms with E-state index in [-0.39, 0.29) is 0 Å². The third kappa shape index (κ3) is 3.17. The Labute approximate surface area is 137 Å². The molecule has 0 unspecified atom stereocenters. The van der Waals surface area contributed by atoms with E-state index in [2.05, 4.69) is 70.8 Å². The summed E-state index contributed by atoms with van der Waals surface area (Å²) < 4.78 is 2.07. The maximum atomic E-state index is 4.53. The van der Waals surface area contributed by atoms with Gasteiger partial charge < -0.3 is 4.90 Å². The lowest BCUT2D eigenvalue weighted by Gasteiger charge is -2.20. The van der Waals surface area contributed by atoms with Crippen LogP contribution in [0, 0.1) is 6.92 Å². The SMILES string of the molecule is Cc1cncc(-n2ccnc2-c2ccc([C@H](C)N(C)C)cc2)c1. The third-order valence-electron chi connectivity index (χ3n) is 4.21. The lowest BCUT2D eigenvalue weighted by Crippen LogP contribution is -2.16. The third-order valence-corrected chi connectivity index (χ3v) is 4.21. The molecule has 1 aromatic carbocycles. The van der Waals surface area contributed by atoms with Gasteiger partial charge in [0.25, 0.3) is 0 Å². The molecule has 0 amide bonds. The van der Waals surface area contributed by atoms with Crippen LogP contribution in [0.15, 0.2) is 55.1 Å². The van der Waals surface area contributed by atoms with E-state index < -0.39 is 0 Å². The first kappa shape index (κ1) is 15.4. The molecule has 23 heavy (non-hydrogen) atoms. The number of aryl methyl sites for hydroxylation is 1. The van der Waals surface area contributed by atoms with Crippen molar-refractivity contribution >= 4 is 0 Å². The molecule has 0 fully saturated rings. The molecule has 118 valence electrons. The summed E-state index contributed by atoms with van der Waals surface area (Å²) in [7, 11) is 4.19. The normalized spacial score (nSPS) is 12.6. The van der Waals surface area contributed by atoms with Gasteiger partial charge in [-0.3, -0.25) is 9.55 Å². The Morgan fingerprint density at radius 2 is 1.83 bits per heavy atom. The molecule has 3 rings (SSSR count). The lowest BCUT2D eigenvalue weighted by molar-refractivity contribution is 0.321. The standard InChI is InChI=1S/C19H22N4/c1-14-11-18(13-20-12-14)23-10-9-21-19(23)17-7-5-16(6-8-17)15(2)22(3)4/h5-13,15H,1-4H3/t15-/m0/s1. The van der Waals surface area contributed by atoms with Gasteiger partial charge in [0.15, 0.2) is 0 Å². The van der Waals surface area contributed by atoms with Gasteiger partial charge in [-0.05, 0) is 45.1 Å². The van der Waals surface area contributed by atoms with Crippen LogP contribution in [-0.4, -0.2) is 33.5 Å². The fourth-order valence-electron chi connectivity index (χ4n) is 2.60. The average molecular weight is 306 g/mol. The van der Waals surface area contributed by atoms with E-state index in [0.29, 0.717) is 6.04 Å². The summed E-state index contributed by atoms with van der Waals surface area (Å²) in [5.41, 5.74) is 4.57. The molecule has 0 aliphatic carbocycles. The fourth-order valence-corrected chi connectivity index (χ4v) is 2.60. The minimum Gasteiger partial charge on any atom is -0.303 e. The molecule has 0 bridgehead atoms. The minimum absolute atomic E-state index is 0.393. The molecule has 3 aromatic rings. The number of hydrogen-bond donors (Lipinski definition) is 0. The van der Waals surface area contributed by atoms with Gasteiger partial charge >= 0.3 is 0 Å². The van der Waals surface area contributed by atoms with E-state index in [9.17, 15) is 0 Å². The minimum atomic E-state index is 0.393. The molecule has 0 aliphatic heterocycles. The molecule has 0 saturated carbocycles. The number of nitrogens with zero attached hydrogens (tertiary/aromatic N) is 4. The largest absolute Gasteiger partial charge is 0.303 e. The van der Waals surface area contributed by atoms with Crippen molar-refractivity contribution in [3.05, 3.63) is 66.2 Å². The van der Waals surface area contributed by atoms with E-state index in [1.807, 2.05) is 31.7 Å². The Morgan fingerprint density at radius 1 is 1.09 bits per heavy atom. The first-order chi connectivity index (χ1) is 11.1. The van der Waals surface area contributed by atoms with Gasteiger partial charge in [-0.15, -0.1) is 0 Å². The smallest absolute Gasteiger partial charge is 0.144 e. The average Bonchev–Trinajstić information content (AvgIpc) is 3.04. The molecule has 4 heteroatoms. The van der Waals surface area contributed by atoms with Crippen molar-refractivity contribution in [1.82, 2.24) is 19.4 Å². The summed E-state index contributed by atoms with van der Waals surface area (Å²) in [4.78, 5) is 11.0. The lowest BCUT2D eigenvalue weighted by atomic mass is 10.1. The van der Waals surface area contributed by atoms with E-state index in [4.69, 9.17) is 0 Å². The molecule has 2 heterocycles. The van der Waals surface area contributed by atoms with Crippen molar-refractivity contribution in [3.63, 3.8) is 0 Å². The fraction of sp³-hybridized carbons (Fsp3) is 0.263. The monoisotopic (exact) mass is 306 g/mol. The van der Waals surface area contributed by atoms with Gasteiger partial charge in [0.05, 0.1) is 11.9 Å². The Morgan fingerprint density at radius 3 is 2.48 bits per heavy atom. The van der Waals surface area contributed by atoms with E-state index in [0.717, 1.165) is 22.6 Å². The Kier molecular flexibility index (Phi) is 4.26. The summed E-state index contributed by atoms with van der Waals surface area (Å²) in [5.74, 6) is 0.932. The van der Waals surface area contributed by atoms with Gasteiger partial charge in [-0.2, -0.15) is 0 Å². The molecule has 0 saturated heterocycles. The predicted molar refractivity (Wildman–Crippen MR) is 93.6 cm³/mol. The van der Waals surface area contributed by atoms with Crippen molar-refractivity contribution in [1.29, 1.82) is 0 Å². The van der Waals surface area contributed by atoms with E-state index >= 15 is 0 Å². The van der Waals surface area contributed by atoms with Crippen molar-refractivity contribution in [3.8, 4) is 17.1 Å². The first-order valence-electron chi connectivity index (χ1n) is 7.78. The van der Waals surface area contributed by atoms with Crippen molar-refractivity contribution in [2.75, 3.05) is 14.1 Å². The van der Waals surface area contributed by atoms with Crippen LogP contribution in [0.3, 0.4) is 0 Å². The Balaban J connectivity index is 1.96. The van der Waals surface area contributed by atoms with Gasteiger partial charge in [0, 0.05) is 30.2 Å². The number of pyridine rings is 1.